The number of ketones is 1. The van der Waals surface area contributed by atoms with Crippen LogP contribution in [0, 0.1) is 46.3 Å². The van der Waals surface area contributed by atoms with Gasteiger partial charge >= 0.3 is 221 Å². The molecule has 1 nitrogen and oxygen atoms in total. The fourth-order valence-corrected chi connectivity index (χ4v) is 12.2. The minimum atomic E-state index is -4.32. The third-order valence-electron chi connectivity index (χ3n) is 11.6. The Morgan fingerprint density at radius 1 is 0.974 bits per heavy atom. The quantitative estimate of drug-likeness (QED) is 0.283. The molecule has 0 N–H and O–H groups in total. The van der Waals surface area contributed by atoms with Crippen molar-refractivity contribution in [2.75, 3.05) is 0 Å². The monoisotopic (exact) mass is 608 g/mol. The Morgan fingerprint density at radius 2 is 1.69 bits per heavy atom. The molecule has 216 valence electrons. The zero-order valence-corrected chi connectivity index (χ0v) is 26.2. The van der Waals surface area contributed by atoms with Gasteiger partial charge in [-0.05, 0) is 5.92 Å². The molecule has 0 amide bonds. The third-order valence-corrected chi connectivity index (χ3v) is 14.2. The van der Waals surface area contributed by atoms with Crippen molar-refractivity contribution in [1.82, 2.24) is 0 Å². The molecule has 1 aromatic rings. The SMILES string of the molecule is CC(C)CCC[C@@H](C)[C@H]1CC[C@H]2[C@@H]3CCC4=CC(=O)[C@H]([Se]c5ccc(C(F)(F)F)cc5)C[C@]4(C)[C@H]3CC[C@]12C. The van der Waals surface area contributed by atoms with Crippen LogP contribution in [0.4, 0.5) is 13.2 Å². The summed E-state index contributed by atoms with van der Waals surface area (Å²) in [4.78, 5) is 13.1. The molecular weight excluding hydrogens is 560 g/mol. The van der Waals surface area contributed by atoms with Crippen LogP contribution >= 0.6 is 0 Å². The van der Waals surface area contributed by atoms with E-state index in [1.165, 1.54) is 69.1 Å². The summed E-state index contributed by atoms with van der Waals surface area (Å²) in [7, 11) is 0. The van der Waals surface area contributed by atoms with Crippen molar-refractivity contribution in [3.8, 4) is 0 Å². The van der Waals surface area contributed by atoms with Gasteiger partial charge in [0.2, 0.25) is 0 Å². The van der Waals surface area contributed by atoms with Crippen LogP contribution in [0.5, 0.6) is 0 Å². The molecule has 5 rings (SSSR count). The van der Waals surface area contributed by atoms with Gasteiger partial charge in [0.15, 0.2) is 0 Å². The van der Waals surface area contributed by atoms with E-state index in [1.54, 1.807) is 12.1 Å². The molecule has 8 atom stereocenters. The average Bonchev–Trinajstić information content (AvgIpc) is 3.22. The molecule has 3 saturated carbocycles. The van der Waals surface area contributed by atoms with Gasteiger partial charge in [-0.25, -0.2) is 0 Å². The molecule has 4 aliphatic rings. The Bertz CT molecular complexity index is 1070. The van der Waals surface area contributed by atoms with Gasteiger partial charge < -0.3 is 0 Å². The first kappa shape index (κ1) is 29.4. The summed E-state index contributed by atoms with van der Waals surface area (Å²) < 4.78 is 40.0. The summed E-state index contributed by atoms with van der Waals surface area (Å²) in [6.45, 7) is 12.2. The summed E-state index contributed by atoms with van der Waals surface area (Å²) in [5.41, 5.74) is 1.26. The average molecular weight is 608 g/mol. The van der Waals surface area contributed by atoms with E-state index in [9.17, 15) is 18.0 Å². The predicted molar refractivity (Wildman–Crippen MR) is 154 cm³/mol. The number of carbonyl (C=O) groups excluding carboxylic acids is 1. The first-order chi connectivity index (χ1) is 18.3. The minimum absolute atomic E-state index is 0.0530. The topological polar surface area (TPSA) is 17.1 Å². The maximum atomic E-state index is 13.2. The summed E-state index contributed by atoms with van der Waals surface area (Å²) in [6, 6.07) is 5.53. The molecule has 0 aromatic heterocycles. The zero-order valence-electron chi connectivity index (χ0n) is 24.4. The molecule has 0 saturated heterocycles. The third kappa shape index (κ3) is 5.57. The number of benzene rings is 1. The number of halogens is 3. The predicted octanol–water partition coefficient (Wildman–Crippen LogP) is 9.04. The van der Waals surface area contributed by atoms with E-state index in [-0.39, 0.29) is 31.0 Å². The van der Waals surface area contributed by atoms with Gasteiger partial charge in [0.25, 0.3) is 0 Å². The van der Waals surface area contributed by atoms with Crippen LogP contribution in [0.2, 0.25) is 4.82 Å². The summed E-state index contributed by atoms with van der Waals surface area (Å²) >= 11 is -0.160. The van der Waals surface area contributed by atoms with Crippen LogP contribution in [-0.4, -0.2) is 20.7 Å². The molecule has 0 aliphatic heterocycles. The van der Waals surface area contributed by atoms with E-state index >= 15 is 0 Å². The summed E-state index contributed by atoms with van der Waals surface area (Å²) in [5.74, 6) is 4.80. The summed E-state index contributed by atoms with van der Waals surface area (Å²) in [6.07, 6.45) is 10.2. The first-order valence-electron chi connectivity index (χ1n) is 15.4. The Balaban J connectivity index is 1.30. The fraction of sp³-hybridized carbons (Fsp3) is 0.735. The van der Waals surface area contributed by atoms with Crippen molar-refractivity contribution in [3.63, 3.8) is 0 Å². The molecule has 4 aliphatic carbocycles. The zero-order chi connectivity index (χ0) is 28.2. The van der Waals surface area contributed by atoms with Crippen molar-refractivity contribution in [3.05, 3.63) is 41.5 Å². The van der Waals surface area contributed by atoms with Gasteiger partial charge in [-0.3, -0.25) is 0 Å². The van der Waals surface area contributed by atoms with Crippen molar-refractivity contribution in [2.24, 2.45) is 46.3 Å². The second-order valence-corrected chi connectivity index (χ2v) is 16.9. The number of alkyl halides is 3. The van der Waals surface area contributed by atoms with E-state index in [4.69, 9.17) is 0 Å². The van der Waals surface area contributed by atoms with E-state index in [1.807, 2.05) is 6.08 Å². The molecule has 0 radical (unpaired) electrons. The molecule has 0 spiro atoms. The van der Waals surface area contributed by atoms with Crippen LogP contribution in [0.1, 0.15) is 104 Å². The fourth-order valence-electron chi connectivity index (χ4n) is 9.61. The van der Waals surface area contributed by atoms with E-state index in [0.717, 1.165) is 46.9 Å². The van der Waals surface area contributed by atoms with Crippen LogP contribution in [0.25, 0.3) is 0 Å². The molecule has 5 heteroatoms. The Hall–Kier alpha value is -1.06. The number of carbonyl (C=O) groups is 1. The van der Waals surface area contributed by atoms with E-state index < -0.39 is 11.7 Å². The maximum absolute atomic E-state index is 13.2. The number of hydrogen-bond donors (Lipinski definition) is 0. The van der Waals surface area contributed by atoms with Crippen LogP contribution < -0.4 is 4.46 Å². The van der Waals surface area contributed by atoms with Crippen molar-refractivity contribution < 1.29 is 18.0 Å². The first-order valence-corrected chi connectivity index (χ1v) is 17.3. The van der Waals surface area contributed by atoms with Gasteiger partial charge in [-0.2, -0.15) is 0 Å². The number of hydrogen-bond acceptors (Lipinski definition) is 1. The van der Waals surface area contributed by atoms with E-state index in [2.05, 4.69) is 34.6 Å². The molecular formula is C34H47F3OSe. The molecule has 0 bridgehead atoms. The van der Waals surface area contributed by atoms with E-state index in [0.29, 0.717) is 11.3 Å². The Morgan fingerprint density at radius 3 is 2.36 bits per heavy atom. The second-order valence-electron chi connectivity index (χ2n) is 14.3. The summed E-state index contributed by atoms with van der Waals surface area (Å²) in [5, 5.41) is 0. The van der Waals surface area contributed by atoms with Gasteiger partial charge in [0.05, 0.1) is 0 Å². The molecule has 0 heterocycles. The Labute approximate surface area is 240 Å². The standard InChI is InChI=1S/C34H47F3OSe/c1-21(2)7-6-8-22(3)27-15-16-28-26-14-11-24-19-30(38)31(20-33(24,5)29(26)17-18-32(27,28)4)39-25-12-9-23(10-13-25)34(35,36)37/h9-10,12-13,19,21-22,26-29,31H,6-8,11,14-18,20H2,1-5H3/t22-,26+,27-,28+,29+,31-,32-,33+/m1/s1. The Kier molecular flexibility index (Phi) is 8.28. The second kappa shape index (κ2) is 11.0. The molecule has 3 fully saturated rings. The van der Waals surface area contributed by atoms with Crippen LogP contribution in [0.3, 0.4) is 0 Å². The number of rotatable bonds is 7. The van der Waals surface area contributed by atoms with Gasteiger partial charge in [0, 0.05) is 0 Å². The van der Waals surface area contributed by atoms with Crippen LogP contribution in [-0.2, 0) is 11.0 Å². The molecule has 39 heavy (non-hydrogen) atoms. The van der Waals surface area contributed by atoms with Gasteiger partial charge in [-0.15, -0.1) is 0 Å². The van der Waals surface area contributed by atoms with Crippen molar-refractivity contribution in [1.29, 1.82) is 0 Å². The van der Waals surface area contributed by atoms with Gasteiger partial charge in [-0.1, -0.05) is 13.8 Å². The van der Waals surface area contributed by atoms with Crippen molar-refractivity contribution in [2.45, 2.75) is 110 Å². The van der Waals surface area contributed by atoms with Gasteiger partial charge in [0.1, 0.15) is 0 Å². The van der Waals surface area contributed by atoms with Crippen LogP contribution in [0.15, 0.2) is 35.9 Å². The molecule has 1 aromatic carbocycles. The normalized spacial score (nSPS) is 37.2. The number of fused-ring (bicyclic) bond motifs is 5. The molecule has 0 unspecified atom stereocenters. The van der Waals surface area contributed by atoms with Crippen molar-refractivity contribution >= 4 is 25.2 Å². The number of allylic oxidation sites excluding steroid dienone is 1.